The minimum Gasteiger partial charge on any atom is -0.480 e. The summed E-state index contributed by atoms with van der Waals surface area (Å²) >= 11 is 0. The Morgan fingerprint density at radius 1 is 1.03 bits per heavy atom. The highest BCUT2D eigenvalue weighted by atomic mass is 16.4. The number of carboxylic acid groups (broad SMARTS) is 1. The maximum Gasteiger partial charge on any atom is 0.322 e. The van der Waals surface area contributed by atoms with Crippen LogP contribution in [0.3, 0.4) is 0 Å². The Kier molecular flexibility index (Phi) is 6.68. The van der Waals surface area contributed by atoms with Crippen LogP contribution < -0.4 is 5.32 Å². The Hall–Kier alpha value is -1.14. The van der Waals surface area contributed by atoms with Crippen molar-refractivity contribution in [3.63, 3.8) is 0 Å². The van der Waals surface area contributed by atoms with Gasteiger partial charge in [0.15, 0.2) is 0 Å². The number of amides is 1. The highest BCUT2D eigenvalue weighted by Crippen LogP contribution is 2.68. The Morgan fingerprint density at radius 2 is 1.78 bits per heavy atom. The number of rotatable bonds is 6. The van der Waals surface area contributed by atoms with Crippen LogP contribution in [-0.4, -0.2) is 45.9 Å². The lowest BCUT2D eigenvalue weighted by molar-refractivity contribution is -0.175. The van der Waals surface area contributed by atoms with Crippen LogP contribution >= 0.6 is 0 Å². The highest BCUT2D eigenvalue weighted by molar-refractivity contribution is 5.81. The molecule has 4 rings (SSSR count). The smallest absolute Gasteiger partial charge is 0.322 e. The molecule has 6 heteroatoms. The maximum absolute atomic E-state index is 12.0. The van der Waals surface area contributed by atoms with Crippen molar-refractivity contribution in [2.24, 2.45) is 46.3 Å². The SMILES string of the molecule is CC(CCC(=O)NCC(=O)O)C1CCC2C3CCC4CC(O)CC[C@]4(C)C3CC(O)[C@]12C. The number of nitrogens with one attached hydrogen (secondary N) is 1. The Morgan fingerprint density at radius 3 is 2.50 bits per heavy atom. The number of aliphatic hydroxyl groups excluding tert-OH is 2. The van der Waals surface area contributed by atoms with Crippen LogP contribution in [0.1, 0.15) is 85.0 Å². The molecule has 32 heavy (non-hydrogen) atoms. The number of hydrogen-bond donors (Lipinski definition) is 4. The number of fused-ring (bicyclic) bond motifs is 5. The first-order valence-corrected chi connectivity index (χ1v) is 12.9. The fraction of sp³-hybridized carbons (Fsp3) is 0.923. The second-order valence-corrected chi connectivity index (χ2v) is 12.1. The summed E-state index contributed by atoms with van der Waals surface area (Å²) in [6.45, 7) is 6.65. The first-order valence-electron chi connectivity index (χ1n) is 12.9. The van der Waals surface area contributed by atoms with Gasteiger partial charge < -0.3 is 20.6 Å². The van der Waals surface area contributed by atoms with Crippen LogP contribution in [0.25, 0.3) is 0 Å². The molecular weight excluding hydrogens is 406 g/mol. The van der Waals surface area contributed by atoms with Crippen molar-refractivity contribution in [2.75, 3.05) is 6.54 Å². The normalized spacial score (nSPS) is 46.5. The summed E-state index contributed by atoms with van der Waals surface area (Å²) in [6.07, 6.45) is 9.12. The van der Waals surface area contributed by atoms with Gasteiger partial charge in [0, 0.05) is 6.42 Å². The summed E-state index contributed by atoms with van der Waals surface area (Å²) in [4.78, 5) is 22.7. The zero-order valence-electron chi connectivity index (χ0n) is 20.1. The van der Waals surface area contributed by atoms with Crippen LogP contribution in [0.2, 0.25) is 0 Å². The number of hydrogen-bond acceptors (Lipinski definition) is 4. The topological polar surface area (TPSA) is 107 Å². The van der Waals surface area contributed by atoms with Gasteiger partial charge in [-0.3, -0.25) is 9.59 Å². The van der Waals surface area contributed by atoms with Gasteiger partial charge in [-0.15, -0.1) is 0 Å². The standard InChI is InChI=1S/C26H43NO5/c1-15(4-9-23(30)27-14-24(31)32)19-7-8-20-18-6-5-16-12-17(28)10-11-25(16,2)21(18)13-22(29)26(19,20)3/h15-22,28-29H,4-14H2,1-3H3,(H,27,30)(H,31,32)/t15?,16?,17?,18?,19?,20?,21?,22?,25-,26+/m0/s1. The van der Waals surface area contributed by atoms with Gasteiger partial charge in [-0.1, -0.05) is 20.8 Å². The lowest BCUT2D eigenvalue weighted by Gasteiger charge is -2.62. The van der Waals surface area contributed by atoms with Crippen LogP contribution in [0.5, 0.6) is 0 Å². The molecule has 0 aromatic rings. The van der Waals surface area contributed by atoms with Gasteiger partial charge in [-0.25, -0.2) is 0 Å². The summed E-state index contributed by atoms with van der Waals surface area (Å²) in [6, 6.07) is 0. The Balaban J connectivity index is 1.45. The minimum absolute atomic E-state index is 0.102. The van der Waals surface area contributed by atoms with E-state index >= 15 is 0 Å². The average molecular weight is 450 g/mol. The van der Waals surface area contributed by atoms with Crippen molar-refractivity contribution < 1.29 is 24.9 Å². The molecule has 0 aromatic carbocycles. The molecule has 4 saturated carbocycles. The molecule has 10 atom stereocenters. The fourth-order valence-corrected chi connectivity index (χ4v) is 8.98. The number of aliphatic carboxylic acids is 1. The summed E-state index contributed by atoms with van der Waals surface area (Å²) < 4.78 is 0. The van der Waals surface area contributed by atoms with Crippen LogP contribution in [0.4, 0.5) is 0 Å². The quantitative estimate of drug-likeness (QED) is 0.496. The van der Waals surface area contributed by atoms with E-state index in [9.17, 15) is 19.8 Å². The molecule has 8 unspecified atom stereocenters. The molecule has 0 aliphatic heterocycles. The van der Waals surface area contributed by atoms with Crippen molar-refractivity contribution in [1.29, 1.82) is 0 Å². The lowest BCUT2D eigenvalue weighted by Crippen LogP contribution is -2.58. The van der Waals surface area contributed by atoms with Crippen molar-refractivity contribution in [3.8, 4) is 0 Å². The molecule has 0 saturated heterocycles. The fourth-order valence-electron chi connectivity index (χ4n) is 8.98. The Labute approximate surface area is 192 Å². The molecule has 0 aromatic heterocycles. The van der Waals surface area contributed by atoms with Gasteiger partial charge in [0.2, 0.25) is 5.91 Å². The van der Waals surface area contributed by atoms with E-state index in [-0.39, 0.29) is 35.5 Å². The van der Waals surface area contributed by atoms with Gasteiger partial charge in [0.25, 0.3) is 0 Å². The van der Waals surface area contributed by atoms with Crippen molar-refractivity contribution in [3.05, 3.63) is 0 Å². The second-order valence-electron chi connectivity index (χ2n) is 12.1. The van der Waals surface area contributed by atoms with E-state index in [0.29, 0.717) is 41.9 Å². The zero-order chi connectivity index (χ0) is 23.3. The van der Waals surface area contributed by atoms with E-state index in [4.69, 9.17) is 5.11 Å². The molecule has 4 aliphatic carbocycles. The third-order valence-corrected chi connectivity index (χ3v) is 10.8. The first kappa shape index (κ1) is 24.0. The first-order chi connectivity index (χ1) is 15.1. The third kappa shape index (κ3) is 4.00. The van der Waals surface area contributed by atoms with Gasteiger partial charge in [0.1, 0.15) is 6.54 Å². The van der Waals surface area contributed by atoms with Crippen molar-refractivity contribution in [2.45, 2.75) is 97.2 Å². The number of carbonyl (C=O) groups excluding carboxylic acids is 1. The molecule has 0 bridgehead atoms. The molecule has 182 valence electrons. The van der Waals surface area contributed by atoms with Crippen LogP contribution in [0, 0.1) is 46.3 Å². The molecule has 1 amide bonds. The van der Waals surface area contributed by atoms with Crippen molar-refractivity contribution in [1.82, 2.24) is 5.32 Å². The van der Waals surface area contributed by atoms with E-state index in [0.717, 1.165) is 44.9 Å². The van der Waals surface area contributed by atoms with Gasteiger partial charge >= 0.3 is 5.97 Å². The molecule has 4 N–H and O–H groups in total. The van der Waals surface area contributed by atoms with Gasteiger partial charge in [-0.05, 0) is 104 Å². The van der Waals surface area contributed by atoms with Gasteiger partial charge in [0.05, 0.1) is 12.2 Å². The van der Waals surface area contributed by atoms with E-state index in [2.05, 4.69) is 26.1 Å². The molecule has 4 fully saturated rings. The molecule has 4 aliphatic rings. The van der Waals surface area contributed by atoms with E-state index < -0.39 is 5.97 Å². The highest BCUT2D eigenvalue weighted by Gasteiger charge is 2.63. The zero-order valence-corrected chi connectivity index (χ0v) is 20.1. The summed E-state index contributed by atoms with van der Waals surface area (Å²) in [5, 5.41) is 33.0. The molecule has 0 heterocycles. The van der Waals surface area contributed by atoms with Crippen LogP contribution in [0.15, 0.2) is 0 Å². The number of carboxylic acids is 1. The predicted octanol–water partition coefficient (Wildman–Crippen LogP) is 3.59. The van der Waals surface area contributed by atoms with E-state index in [1.54, 1.807) is 0 Å². The predicted molar refractivity (Wildman–Crippen MR) is 122 cm³/mol. The minimum atomic E-state index is -1.02. The largest absolute Gasteiger partial charge is 0.480 e. The second kappa shape index (κ2) is 8.90. The van der Waals surface area contributed by atoms with Gasteiger partial charge in [-0.2, -0.15) is 0 Å². The maximum atomic E-state index is 12.0. The summed E-state index contributed by atoms with van der Waals surface area (Å²) in [5.41, 5.74) is 0.145. The monoisotopic (exact) mass is 449 g/mol. The van der Waals surface area contributed by atoms with Crippen molar-refractivity contribution >= 4 is 11.9 Å². The summed E-state index contributed by atoms with van der Waals surface area (Å²) in [7, 11) is 0. The van der Waals surface area contributed by atoms with E-state index in [1.165, 1.54) is 12.8 Å². The molecule has 0 radical (unpaired) electrons. The average Bonchev–Trinajstić information content (AvgIpc) is 3.10. The molecule has 0 spiro atoms. The number of carbonyl (C=O) groups is 2. The third-order valence-electron chi connectivity index (χ3n) is 10.8. The number of aliphatic hydroxyl groups is 2. The Bertz CT molecular complexity index is 727. The molecular formula is C26H43NO5. The summed E-state index contributed by atoms with van der Waals surface area (Å²) in [5.74, 6) is 1.84. The van der Waals surface area contributed by atoms with E-state index in [1.807, 2.05) is 0 Å². The van der Waals surface area contributed by atoms with Crippen LogP contribution in [-0.2, 0) is 9.59 Å². The lowest BCUT2D eigenvalue weighted by atomic mass is 9.43. The molecule has 6 nitrogen and oxygen atoms in total.